The smallest absolute Gasteiger partial charge is 0.198 e. The lowest BCUT2D eigenvalue weighted by Crippen LogP contribution is -2.57. The molecule has 55 heavy (non-hydrogen) atoms. The number of benzene rings is 8. The standard InChI is InChI=1S/C52H43BN2/c1-51-27-13-14-28-52(51,2)55-49-42-22-12-11-21-39(42)30-44(48(49)53-46-32-40(31-45(51)50(46)55)35-17-7-4-8-18-35)43-29-37-19-9-10-20-38(37)33-47(43)54-41-25-23-36(24-26-41)34-15-5-3-6-16-34/h3-12,15-26,29-33,53-54H,13-14,27-28H2,1-2H3. The maximum atomic E-state index is 3.93. The zero-order chi connectivity index (χ0) is 36.7. The van der Waals surface area contributed by atoms with Gasteiger partial charge in [0.05, 0.1) is 5.54 Å². The Balaban J connectivity index is 1.15. The molecule has 2 heterocycles. The molecule has 11 rings (SSSR count). The number of nitrogens with one attached hydrogen (secondary N) is 1. The first kappa shape index (κ1) is 32.4. The van der Waals surface area contributed by atoms with Gasteiger partial charge in [-0.25, -0.2) is 0 Å². The molecule has 0 spiro atoms. The number of fused-ring (bicyclic) bond motifs is 8. The van der Waals surface area contributed by atoms with Gasteiger partial charge in [-0.15, -0.1) is 0 Å². The summed E-state index contributed by atoms with van der Waals surface area (Å²) in [6.45, 7) is 5.16. The highest BCUT2D eigenvalue weighted by Crippen LogP contribution is 2.62. The van der Waals surface area contributed by atoms with Crippen LogP contribution >= 0.6 is 0 Å². The quantitative estimate of drug-likeness (QED) is 0.179. The topological polar surface area (TPSA) is 15.3 Å². The molecule has 3 aliphatic rings. The Hall–Kier alpha value is -6.06. The van der Waals surface area contributed by atoms with E-state index in [2.05, 4.69) is 188 Å². The van der Waals surface area contributed by atoms with Gasteiger partial charge in [0.2, 0.25) is 0 Å². The number of anilines is 4. The fraction of sp³-hybridized carbons (Fsp3) is 0.154. The second-order valence-corrected chi connectivity index (χ2v) is 16.5. The van der Waals surface area contributed by atoms with Crippen molar-refractivity contribution in [3.63, 3.8) is 0 Å². The monoisotopic (exact) mass is 706 g/mol. The van der Waals surface area contributed by atoms with Crippen molar-refractivity contribution in [1.82, 2.24) is 0 Å². The highest BCUT2D eigenvalue weighted by molar-refractivity contribution is 6.74. The molecule has 2 unspecified atom stereocenters. The first-order valence-corrected chi connectivity index (χ1v) is 20.0. The third-order valence-electron chi connectivity index (χ3n) is 13.6. The Morgan fingerprint density at radius 3 is 1.87 bits per heavy atom. The van der Waals surface area contributed by atoms with Gasteiger partial charge < -0.3 is 10.2 Å². The molecule has 0 aromatic heterocycles. The summed E-state index contributed by atoms with van der Waals surface area (Å²) < 4.78 is 0. The molecule has 3 heteroatoms. The third-order valence-corrected chi connectivity index (χ3v) is 13.6. The van der Waals surface area contributed by atoms with E-state index in [1.165, 1.54) is 108 Å². The van der Waals surface area contributed by atoms with Crippen molar-refractivity contribution in [3.05, 3.63) is 169 Å². The van der Waals surface area contributed by atoms with E-state index in [1.807, 2.05) is 0 Å². The van der Waals surface area contributed by atoms with Crippen molar-refractivity contribution in [3.8, 4) is 33.4 Å². The van der Waals surface area contributed by atoms with Crippen molar-refractivity contribution < 1.29 is 0 Å². The Bertz CT molecular complexity index is 2790. The van der Waals surface area contributed by atoms with E-state index < -0.39 is 0 Å². The van der Waals surface area contributed by atoms with Crippen molar-refractivity contribution in [2.75, 3.05) is 10.2 Å². The second-order valence-electron chi connectivity index (χ2n) is 16.5. The minimum Gasteiger partial charge on any atom is -0.355 e. The summed E-state index contributed by atoms with van der Waals surface area (Å²) in [6.07, 6.45) is 4.92. The largest absolute Gasteiger partial charge is 0.355 e. The van der Waals surface area contributed by atoms with Gasteiger partial charge in [-0.3, -0.25) is 0 Å². The molecule has 1 N–H and O–H groups in total. The fourth-order valence-corrected chi connectivity index (χ4v) is 10.5. The van der Waals surface area contributed by atoms with Gasteiger partial charge in [0.25, 0.3) is 0 Å². The van der Waals surface area contributed by atoms with Crippen LogP contribution in [0.3, 0.4) is 0 Å². The molecule has 1 aliphatic carbocycles. The van der Waals surface area contributed by atoms with Crippen LogP contribution in [0.15, 0.2) is 164 Å². The summed E-state index contributed by atoms with van der Waals surface area (Å²) >= 11 is 0. The minimum absolute atomic E-state index is 0.0421. The summed E-state index contributed by atoms with van der Waals surface area (Å²) in [5.41, 5.74) is 17.1. The normalized spacial score (nSPS) is 19.4. The van der Waals surface area contributed by atoms with E-state index in [1.54, 1.807) is 0 Å². The molecule has 1 saturated carbocycles. The summed E-state index contributed by atoms with van der Waals surface area (Å²) in [4.78, 5) is 2.85. The highest BCUT2D eigenvalue weighted by Gasteiger charge is 2.59. The van der Waals surface area contributed by atoms with Gasteiger partial charge in [0.15, 0.2) is 7.28 Å². The fourth-order valence-electron chi connectivity index (χ4n) is 10.5. The van der Waals surface area contributed by atoms with Crippen LogP contribution in [-0.2, 0) is 5.41 Å². The minimum atomic E-state index is -0.0425. The lowest BCUT2D eigenvalue weighted by molar-refractivity contribution is 0.195. The highest BCUT2D eigenvalue weighted by atomic mass is 15.3. The van der Waals surface area contributed by atoms with E-state index >= 15 is 0 Å². The van der Waals surface area contributed by atoms with Crippen LogP contribution in [0.25, 0.3) is 54.9 Å². The maximum Gasteiger partial charge on any atom is 0.198 e. The van der Waals surface area contributed by atoms with Crippen LogP contribution in [0.5, 0.6) is 0 Å². The molecule has 2 nitrogen and oxygen atoms in total. The summed E-state index contributed by atoms with van der Waals surface area (Å²) in [5, 5.41) is 9.06. The predicted octanol–water partition coefficient (Wildman–Crippen LogP) is 12.2. The van der Waals surface area contributed by atoms with Gasteiger partial charge in [-0.05, 0) is 111 Å². The van der Waals surface area contributed by atoms with Crippen LogP contribution in [0.1, 0.15) is 45.1 Å². The lowest BCUT2D eigenvalue weighted by Gasteiger charge is -2.51. The summed E-state index contributed by atoms with van der Waals surface area (Å²) in [6, 6.07) is 60.8. The van der Waals surface area contributed by atoms with Crippen molar-refractivity contribution in [2.45, 2.75) is 50.5 Å². The maximum absolute atomic E-state index is 3.93. The average Bonchev–Trinajstić information content (AvgIpc) is 3.45. The summed E-state index contributed by atoms with van der Waals surface area (Å²) in [7, 11) is 0.888. The Kier molecular flexibility index (Phi) is 7.20. The number of nitrogens with zero attached hydrogens (tertiary/aromatic N) is 1. The first-order chi connectivity index (χ1) is 27.0. The van der Waals surface area contributed by atoms with E-state index in [-0.39, 0.29) is 11.0 Å². The molecule has 2 aliphatic heterocycles. The molecule has 8 aromatic rings. The van der Waals surface area contributed by atoms with Gasteiger partial charge >= 0.3 is 0 Å². The zero-order valence-electron chi connectivity index (χ0n) is 31.6. The Labute approximate surface area is 324 Å². The molecular formula is C52H43BN2. The van der Waals surface area contributed by atoms with Crippen molar-refractivity contribution >= 4 is 62.5 Å². The van der Waals surface area contributed by atoms with E-state index in [0.29, 0.717) is 0 Å². The SMILES string of the molecule is CC12CCCCC1(C)N1c3c(cc(-c4ccccc4)cc32)Bc2c(-c3cc4ccccc4cc3Nc3ccc(-c4ccccc4)cc3)cc3ccccc3c21. The number of hydrogen-bond donors (Lipinski definition) is 1. The molecule has 0 amide bonds. The number of hydrogen-bond acceptors (Lipinski definition) is 2. The van der Waals surface area contributed by atoms with E-state index in [0.717, 1.165) is 18.7 Å². The third kappa shape index (κ3) is 4.88. The van der Waals surface area contributed by atoms with E-state index in [4.69, 9.17) is 0 Å². The van der Waals surface area contributed by atoms with Gasteiger partial charge in [0.1, 0.15) is 0 Å². The van der Waals surface area contributed by atoms with Crippen LogP contribution in [-0.4, -0.2) is 12.8 Å². The molecule has 8 aromatic carbocycles. The molecule has 2 atom stereocenters. The molecule has 1 fully saturated rings. The molecule has 264 valence electrons. The second kappa shape index (κ2) is 12.2. The van der Waals surface area contributed by atoms with Gasteiger partial charge in [-0.1, -0.05) is 153 Å². The van der Waals surface area contributed by atoms with E-state index in [9.17, 15) is 0 Å². The van der Waals surface area contributed by atoms with Gasteiger partial charge in [-0.2, -0.15) is 0 Å². The van der Waals surface area contributed by atoms with Crippen LogP contribution in [0, 0.1) is 0 Å². The van der Waals surface area contributed by atoms with Crippen LogP contribution in [0.4, 0.5) is 22.7 Å². The summed E-state index contributed by atoms with van der Waals surface area (Å²) in [5.74, 6) is 0. The Morgan fingerprint density at radius 1 is 0.527 bits per heavy atom. The Morgan fingerprint density at radius 2 is 1.13 bits per heavy atom. The predicted molar refractivity (Wildman–Crippen MR) is 237 cm³/mol. The molecule has 0 bridgehead atoms. The van der Waals surface area contributed by atoms with Crippen molar-refractivity contribution in [2.24, 2.45) is 0 Å². The molecule has 0 saturated heterocycles. The van der Waals surface area contributed by atoms with Gasteiger partial charge in [0, 0.05) is 39.1 Å². The lowest BCUT2D eigenvalue weighted by atomic mass is 9.57. The van der Waals surface area contributed by atoms with Crippen LogP contribution < -0.4 is 21.1 Å². The van der Waals surface area contributed by atoms with Crippen molar-refractivity contribution in [1.29, 1.82) is 0 Å². The molecular weight excluding hydrogens is 663 g/mol. The molecule has 0 radical (unpaired) electrons. The average molecular weight is 707 g/mol. The zero-order valence-corrected chi connectivity index (χ0v) is 31.6. The first-order valence-electron chi connectivity index (χ1n) is 20.0. The van der Waals surface area contributed by atoms with Crippen LogP contribution in [0.2, 0.25) is 0 Å². The number of rotatable bonds is 5.